The van der Waals surface area contributed by atoms with Gasteiger partial charge < -0.3 is 5.32 Å². The molecular formula is C16H15BrCl2FN. The molecule has 0 amide bonds. The Bertz CT molecular complexity index is 613. The van der Waals surface area contributed by atoms with Crippen molar-refractivity contribution in [3.63, 3.8) is 0 Å². The summed E-state index contributed by atoms with van der Waals surface area (Å²) in [5.41, 5.74) is 1.72. The van der Waals surface area contributed by atoms with E-state index in [1.54, 1.807) is 6.07 Å². The molecule has 1 atom stereocenters. The van der Waals surface area contributed by atoms with Crippen LogP contribution < -0.4 is 5.32 Å². The van der Waals surface area contributed by atoms with Gasteiger partial charge in [-0.2, -0.15) is 0 Å². The average molecular weight is 391 g/mol. The fraction of sp³-hybridized carbons (Fsp3) is 0.250. The van der Waals surface area contributed by atoms with Crippen LogP contribution in [0.25, 0.3) is 0 Å². The molecule has 2 aromatic rings. The summed E-state index contributed by atoms with van der Waals surface area (Å²) in [4.78, 5) is 0. The van der Waals surface area contributed by atoms with Crippen LogP contribution in [0.5, 0.6) is 0 Å². The maximum atomic E-state index is 13.5. The van der Waals surface area contributed by atoms with Gasteiger partial charge in [0.2, 0.25) is 0 Å². The Morgan fingerprint density at radius 3 is 2.48 bits per heavy atom. The second-order valence-electron chi connectivity index (χ2n) is 4.69. The first-order valence-electron chi connectivity index (χ1n) is 6.64. The maximum absolute atomic E-state index is 13.5. The van der Waals surface area contributed by atoms with Crippen molar-refractivity contribution in [3.05, 3.63) is 67.9 Å². The zero-order valence-corrected chi connectivity index (χ0v) is 14.6. The molecule has 0 heterocycles. The minimum Gasteiger partial charge on any atom is -0.310 e. The van der Waals surface area contributed by atoms with E-state index in [9.17, 15) is 4.39 Å². The maximum Gasteiger partial charge on any atom is 0.123 e. The fourth-order valence-electron chi connectivity index (χ4n) is 2.29. The number of nitrogens with one attached hydrogen (secondary N) is 1. The molecule has 0 aromatic heterocycles. The summed E-state index contributed by atoms with van der Waals surface area (Å²) in [6.07, 6.45) is 0.593. The van der Waals surface area contributed by atoms with E-state index in [0.29, 0.717) is 16.5 Å². The summed E-state index contributed by atoms with van der Waals surface area (Å²) < 4.78 is 14.3. The van der Waals surface area contributed by atoms with Crippen LogP contribution in [0.1, 0.15) is 24.1 Å². The molecule has 1 N–H and O–H groups in total. The summed E-state index contributed by atoms with van der Waals surface area (Å²) in [6, 6.07) is 10.0. The number of halogens is 4. The summed E-state index contributed by atoms with van der Waals surface area (Å²) in [5.74, 6) is -0.256. The first-order chi connectivity index (χ1) is 10.0. The average Bonchev–Trinajstić information content (AvgIpc) is 2.43. The highest BCUT2D eigenvalue weighted by atomic mass is 79.9. The van der Waals surface area contributed by atoms with E-state index in [4.69, 9.17) is 23.2 Å². The van der Waals surface area contributed by atoms with Crippen LogP contribution in [0.15, 0.2) is 40.9 Å². The van der Waals surface area contributed by atoms with Crippen molar-refractivity contribution in [2.75, 3.05) is 6.54 Å². The zero-order chi connectivity index (χ0) is 15.4. The molecule has 2 rings (SSSR count). The first kappa shape index (κ1) is 16.8. The van der Waals surface area contributed by atoms with Gasteiger partial charge in [0.1, 0.15) is 5.82 Å². The molecule has 0 radical (unpaired) electrons. The molecule has 2 aromatic carbocycles. The molecule has 0 aliphatic carbocycles. The fourth-order valence-corrected chi connectivity index (χ4v) is 3.36. The highest BCUT2D eigenvalue weighted by Gasteiger charge is 2.19. The largest absolute Gasteiger partial charge is 0.310 e. The second-order valence-corrected chi connectivity index (χ2v) is 6.35. The van der Waals surface area contributed by atoms with E-state index < -0.39 is 0 Å². The Kier molecular flexibility index (Phi) is 6.06. The SMILES string of the molecule is CCNC(Cc1cc(F)ccc1Br)c1c(Cl)cccc1Cl. The molecule has 21 heavy (non-hydrogen) atoms. The third kappa shape index (κ3) is 4.19. The van der Waals surface area contributed by atoms with Gasteiger partial charge in [-0.25, -0.2) is 4.39 Å². The number of hydrogen-bond donors (Lipinski definition) is 1. The third-order valence-electron chi connectivity index (χ3n) is 3.23. The molecule has 0 saturated heterocycles. The lowest BCUT2D eigenvalue weighted by atomic mass is 9.98. The summed E-state index contributed by atoms with van der Waals surface area (Å²) >= 11 is 16.0. The zero-order valence-electron chi connectivity index (χ0n) is 11.5. The minimum absolute atomic E-state index is 0.0747. The van der Waals surface area contributed by atoms with Crippen LogP contribution in [0, 0.1) is 5.82 Å². The molecule has 1 unspecified atom stereocenters. The molecule has 112 valence electrons. The van der Waals surface area contributed by atoms with E-state index >= 15 is 0 Å². The van der Waals surface area contributed by atoms with Crippen LogP contribution in [-0.2, 0) is 6.42 Å². The van der Waals surface area contributed by atoms with Crippen LogP contribution >= 0.6 is 39.1 Å². The third-order valence-corrected chi connectivity index (χ3v) is 4.66. The Balaban J connectivity index is 2.38. The molecule has 0 aliphatic rings. The normalized spacial score (nSPS) is 12.4. The minimum atomic E-state index is -0.256. The van der Waals surface area contributed by atoms with Crippen molar-refractivity contribution in [1.82, 2.24) is 5.32 Å². The molecule has 0 fully saturated rings. The van der Waals surface area contributed by atoms with Gasteiger partial charge in [-0.1, -0.05) is 52.1 Å². The van der Waals surface area contributed by atoms with Crippen molar-refractivity contribution in [2.24, 2.45) is 0 Å². The van der Waals surface area contributed by atoms with Crippen molar-refractivity contribution in [2.45, 2.75) is 19.4 Å². The van der Waals surface area contributed by atoms with Gasteiger partial charge in [0.05, 0.1) is 0 Å². The van der Waals surface area contributed by atoms with E-state index in [0.717, 1.165) is 22.1 Å². The van der Waals surface area contributed by atoms with E-state index in [1.165, 1.54) is 12.1 Å². The quantitative estimate of drug-likeness (QED) is 0.681. The number of benzene rings is 2. The van der Waals surface area contributed by atoms with E-state index in [2.05, 4.69) is 21.2 Å². The van der Waals surface area contributed by atoms with Crippen molar-refractivity contribution in [3.8, 4) is 0 Å². The van der Waals surface area contributed by atoms with Gasteiger partial charge in [-0.15, -0.1) is 0 Å². The predicted octanol–water partition coefficient (Wildman–Crippen LogP) is 5.79. The number of hydrogen-bond acceptors (Lipinski definition) is 1. The number of rotatable bonds is 5. The molecular weight excluding hydrogens is 376 g/mol. The smallest absolute Gasteiger partial charge is 0.123 e. The van der Waals surface area contributed by atoms with Crippen molar-refractivity contribution < 1.29 is 4.39 Å². The molecule has 0 saturated carbocycles. The van der Waals surface area contributed by atoms with Gasteiger partial charge in [0.15, 0.2) is 0 Å². The topological polar surface area (TPSA) is 12.0 Å². The summed E-state index contributed by atoms with van der Waals surface area (Å²) in [5, 5.41) is 4.59. The lowest BCUT2D eigenvalue weighted by Crippen LogP contribution is -2.23. The van der Waals surface area contributed by atoms with E-state index in [1.807, 2.05) is 25.1 Å². The van der Waals surface area contributed by atoms with Crippen molar-refractivity contribution in [1.29, 1.82) is 0 Å². The number of likely N-dealkylation sites (N-methyl/N-ethyl adjacent to an activating group) is 1. The lowest BCUT2D eigenvalue weighted by molar-refractivity contribution is 0.546. The van der Waals surface area contributed by atoms with Crippen LogP contribution in [0.4, 0.5) is 4.39 Å². The lowest BCUT2D eigenvalue weighted by Gasteiger charge is -2.21. The molecule has 0 bridgehead atoms. The van der Waals surface area contributed by atoms with Crippen molar-refractivity contribution >= 4 is 39.1 Å². The Morgan fingerprint density at radius 1 is 1.19 bits per heavy atom. The Morgan fingerprint density at radius 2 is 1.86 bits per heavy atom. The Hall–Kier alpha value is -0.610. The summed E-state index contributed by atoms with van der Waals surface area (Å²) in [7, 11) is 0. The highest BCUT2D eigenvalue weighted by Crippen LogP contribution is 2.33. The monoisotopic (exact) mass is 389 g/mol. The Labute approximate surface area is 142 Å². The molecule has 0 spiro atoms. The van der Waals surface area contributed by atoms with Gasteiger partial charge in [0.25, 0.3) is 0 Å². The van der Waals surface area contributed by atoms with Crippen LogP contribution in [0.2, 0.25) is 10.0 Å². The van der Waals surface area contributed by atoms with Gasteiger partial charge in [-0.05, 0) is 48.9 Å². The summed E-state index contributed by atoms with van der Waals surface area (Å²) in [6.45, 7) is 2.78. The molecule has 1 nitrogen and oxygen atoms in total. The predicted molar refractivity (Wildman–Crippen MR) is 90.7 cm³/mol. The highest BCUT2D eigenvalue weighted by molar-refractivity contribution is 9.10. The standard InChI is InChI=1S/C16H15BrCl2FN/c1-2-21-15(16-13(18)4-3-5-14(16)19)9-10-8-11(20)6-7-12(10)17/h3-8,15,21H,2,9H2,1H3. The van der Waals surface area contributed by atoms with E-state index in [-0.39, 0.29) is 11.9 Å². The van der Waals surface area contributed by atoms with Gasteiger partial charge >= 0.3 is 0 Å². The molecule has 5 heteroatoms. The van der Waals surface area contributed by atoms with Crippen LogP contribution in [-0.4, -0.2) is 6.54 Å². The molecule has 0 aliphatic heterocycles. The van der Waals surface area contributed by atoms with Gasteiger partial charge in [-0.3, -0.25) is 0 Å². The first-order valence-corrected chi connectivity index (χ1v) is 8.19. The van der Waals surface area contributed by atoms with Crippen LogP contribution in [0.3, 0.4) is 0 Å². The second kappa shape index (κ2) is 7.59. The van der Waals surface area contributed by atoms with Gasteiger partial charge in [0, 0.05) is 26.1 Å².